The Kier molecular flexibility index (Phi) is 7.36. The first kappa shape index (κ1) is 20.9. The molecule has 0 spiro atoms. The van der Waals surface area contributed by atoms with Gasteiger partial charge in [-0.25, -0.2) is 0 Å². The van der Waals surface area contributed by atoms with Crippen LogP contribution in [0.1, 0.15) is 44.0 Å². The summed E-state index contributed by atoms with van der Waals surface area (Å²) in [4.78, 5) is 40.1. The fourth-order valence-corrected chi connectivity index (χ4v) is 3.04. The highest BCUT2D eigenvalue weighted by molar-refractivity contribution is 6.03. The molecule has 1 aromatic carbocycles. The fourth-order valence-electron chi connectivity index (χ4n) is 3.04. The molecule has 2 rings (SSSR count). The first-order valence-electron chi connectivity index (χ1n) is 9.47. The maximum atomic E-state index is 12.4. The van der Waals surface area contributed by atoms with Gasteiger partial charge in [0.05, 0.1) is 5.69 Å². The minimum Gasteiger partial charge on any atom is -0.479 e. The number of nitrogens with zero attached hydrogens (tertiary/aromatic N) is 2. The summed E-state index contributed by atoms with van der Waals surface area (Å²) in [6.07, 6.45) is -0.259. The van der Waals surface area contributed by atoms with Gasteiger partial charge in [0.1, 0.15) is 5.75 Å². The molecule has 0 saturated carbocycles. The molecule has 1 aliphatic heterocycles. The molecule has 1 aliphatic rings. The number of hydrogen-bond acceptors (Lipinski definition) is 5. The van der Waals surface area contributed by atoms with Crippen LogP contribution < -0.4 is 15.0 Å². The Hall–Kier alpha value is -2.41. The van der Waals surface area contributed by atoms with Crippen LogP contribution in [0.15, 0.2) is 18.2 Å². The van der Waals surface area contributed by atoms with Crippen molar-refractivity contribution in [3.63, 3.8) is 0 Å². The van der Waals surface area contributed by atoms with Crippen molar-refractivity contribution in [3.8, 4) is 5.75 Å². The van der Waals surface area contributed by atoms with E-state index in [4.69, 9.17) is 4.74 Å². The molecule has 0 saturated heterocycles. The Morgan fingerprint density at radius 1 is 1.22 bits per heavy atom. The van der Waals surface area contributed by atoms with Crippen LogP contribution in [-0.2, 0) is 9.59 Å². The number of benzene rings is 1. The molecule has 7 nitrogen and oxygen atoms in total. The molecule has 0 aromatic heterocycles. The van der Waals surface area contributed by atoms with Crippen LogP contribution >= 0.6 is 0 Å². The van der Waals surface area contributed by atoms with Gasteiger partial charge in [-0.3, -0.25) is 14.4 Å². The minimum atomic E-state index is -0.538. The maximum absolute atomic E-state index is 12.4. The molecule has 2 amide bonds. The largest absolute Gasteiger partial charge is 0.479 e. The first-order valence-corrected chi connectivity index (χ1v) is 9.47. The van der Waals surface area contributed by atoms with E-state index in [1.54, 1.807) is 32.2 Å². The number of Topliss-reactive ketones (excluding diaryl/α,β-unsaturated/α-hetero) is 1. The van der Waals surface area contributed by atoms with Crippen LogP contribution in [0.4, 0.5) is 5.69 Å². The summed E-state index contributed by atoms with van der Waals surface area (Å²) in [7, 11) is 1.66. The van der Waals surface area contributed by atoms with Gasteiger partial charge in [-0.2, -0.15) is 0 Å². The van der Waals surface area contributed by atoms with Crippen molar-refractivity contribution in [1.29, 1.82) is 0 Å². The third kappa shape index (κ3) is 5.29. The van der Waals surface area contributed by atoms with Crippen LogP contribution in [0, 0.1) is 0 Å². The molecule has 27 heavy (non-hydrogen) atoms. The third-order valence-electron chi connectivity index (χ3n) is 4.85. The van der Waals surface area contributed by atoms with Crippen LogP contribution in [0.5, 0.6) is 5.75 Å². The molecule has 1 atom stereocenters. The molecule has 0 fully saturated rings. The highest BCUT2D eigenvalue weighted by Gasteiger charge is 2.29. The number of hydrogen-bond donors (Lipinski definition) is 1. The Bertz CT molecular complexity index is 700. The Morgan fingerprint density at radius 3 is 2.59 bits per heavy atom. The molecule has 1 unspecified atom stereocenters. The van der Waals surface area contributed by atoms with Gasteiger partial charge in [-0.1, -0.05) is 13.8 Å². The van der Waals surface area contributed by atoms with Gasteiger partial charge in [0.15, 0.2) is 11.9 Å². The first-order chi connectivity index (χ1) is 12.9. The molecule has 0 bridgehead atoms. The zero-order valence-corrected chi connectivity index (χ0v) is 16.6. The van der Waals surface area contributed by atoms with E-state index in [0.717, 1.165) is 19.6 Å². The lowest BCUT2D eigenvalue weighted by Crippen LogP contribution is -2.42. The van der Waals surface area contributed by atoms with E-state index in [-0.39, 0.29) is 30.4 Å². The van der Waals surface area contributed by atoms with E-state index in [9.17, 15) is 14.4 Å². The molecule has 7 heteroatoms. The number of nitrogens with one attached hydrogen (secondary N) is 1. The van der Waals surface area contributed by atoms with Crippen molar-refractivity contribution < 1.29 is 19.1 Å². The quantitative estimate of drug-likeness (QED) is 0.667. The zero-order chi connectivity index (χ0) is 20.0. The average Bonchev–Trinajstić information content (AvgIpc) is 2.67. The van der Waals surface area contributed by atoms with E-state index in [1.165, 1.54) is 4.90 Å². The number of ether oxygens (including phenoxy) is 1. The number of amides is 2. The van der Waals surface area contributed by atoms with Gasteiger partial charge >= 0.3 is 0 Å². The van der Waals surface area contributed by atoms with Crippen LogP contribution in [0.25, 0.3) is 0 Å². The molecule has 0 radical (unpaired) electrons. The molecule has 1 aromatic rings. The summed E-state index contributed by atoms with van der Waals surface area (Å²) in [5.41, 5.74) is 1.05. The lowest BCUT2D eigenvalue weighted by atomic mass is 10.0. The van der Waals surface area contributed by atoms with Gasteiger partial charge in [-0.15, -0.1) is 0 Å². The molecule has 1 N–H and O–H groups in total. The third-order valence-corrected chi connectivity index (χ3v) is 4.85. The summed E-state index contributed by atoms with van der Waals surface area (Å²) < 4.78 is 5.56. The van der Waals surface area contributed by atoms with Crippen LogP contribution in [0.2, 0.25) is 0 Å². The summed E-state index contributed by atoms with van der Waals surface area (Å²) in [5, 5.41) is 2.85. The smallest absolute Gasteiger partial charge is 0.267 e. The van der Waals surface area contributed by atoms with Gasteiger partial charge in [0, 0.05) is 38.5 Å². The van der Waals surface area contributed by atoms with Gasteiger partial charge in [0.25, 0.3) is 5.91 Å². The van der Waals surface area contributed by atoms with Crippen molar-refractivity contribution in [1.82, 2.24) is 10.2 Å². The Morgan fingerprint density at radius 2 is 1.93 bits per heavy atom. The van der Waals surface area contributed by atoms with E-state index >= 15 is 0 Å². The molecule has 148 valence electrons. The van der Waals surface area contributed by atoms with Gasteiger partial charge < -0.3 is 19.9 Å². The lowest BCUT2D eigenvalue weighted by Gasteiger charge is -2.30. The zero-order valence-electron chi connectivity index (χ0n) is 16.6. The SMILES string of the molecule is CCN(CC)CCNC(=O)CCC(=O)c1ccc2c(c1)N(C)C(=O)C(C)O2. The molecule has 0 aliphatic carbocycles. The van der Waals surface area contributed by atoms with Crippen molar-refractivity contribution in [2.24, 2.45) is 0 Å². The second kappa shape index (κ2) is 9.50. The predicted molar refractivity (Wildman–Crippen MR) is 104 cm³/mol. The van der Waals surface area contributed by atoms with E-state index < -0.39 is 6.10 Å². The summed E-state index contributed by atoms with van der Waals surface area (Å²) >= 11 is 0. The second-order valence-corrected chi connectivity index (χ2v) is 6.64. The van der Waals surface area contributed by atoms with E-state index in [0.29, 0.717) is 23.5 Å². The predicted octanol–water partition coefficient (Wildman–Crippen LogP) is 1.85. The number of ketones is 1. The lowest BCUT2D eigenvalue weighted by molar-refractivity contribution is -0.125. The Labute approximate surface area is 160 Å². The van der Waals surface area contributed by atoms with Crippen molar-refractivity contribution in [2.45, 2.75) is 39.7 Å². The van der Waals surface area contributed by atoms with Crippen molar-refractivity contribution in [2.75, 3.05) is 38.1 Å². The molecular weight excluding hydrogens is 346 g/mol. The molecule has 1 heterocycles. The maximum Gasteiger partial charge on any atom is 0.267 e. The average molecular weight is 375 g/mol. The Balaban J connectivity index is 1.88. The highest BCUT2D eigenvalue weighted by atomic mass is 16.5. The number of rotatable bonds is 9. The number of anilines is 1. The van der Waals surface area contributed by atoms with Crippen LogP contribution in [-0.4, -0.2) is 61.8 Å². The minimum absolute atomic E-state index is 0.127. The summed E-state index contributed by atoms with van der Waals surface area (Å²) in [5.74, 6) is 0.170. The number of fused-ring (bicyclic) bond motifs is 1. The van der Waals surface area contributed by atoms with Crippen LogP contribution in [0.3, 0.4) is 0 Å². The summed E-state index contributed by atoms with van der Waals surface area (Å²) in [6, 6.07) is 5.03. The second-order valence-electron chi connectivity index (χ2n) is 6.64. The van der Waals surface area contributed by atoms with Crippen molar-refractivity contribution >= 4 is 23.3 Å². The topological polar surface area (TPSA) is 79.0 Å². The monoisotopic (exact) mass is 375 g/mol. The number of carbonyl (C=O) groups is 3. The van der Waals surface area contributed by atoms with E-state index in [2.05, 4.69) is 24.1 Å². The van der Waals surface area contributed by atoms with Crippen molar-refractivity contribution in [3.05, 3.63) is 23.8 Å². The highest BCUT2D eigenvalue weighted by Crippen LogP contribution is 2.34. The molecular formula is C20H29N3O4. The fraction of sp³-hybridized carbons (Fsp3) is 0.550. The number of likely N-dealkylation sites (N-methyl/N-ethyl adjacent to an activating group) is 2. The number of carbonyl (C=O) groups excluding carboxylic acids is 3. The van der Waals surface area contributed by atoms with E-state index in [1.807, 2.05) is 0 Å². The summed E-state index contributed by atoms with van der Waals surface area (Å²) in [6.45, 7) is 9.13. The van der Waals surface area contributed by atoms with Gasteiger partial charge in [-0.05, 0) is 38.2 Å². The normalized spacial score (nSPS) is 16.1. The van der Waals surface area contributed by atoms with Gasteiger partial charge in [0.2, 0.25) is 5.91 Å². The standard InChI is InChI=1S/C20H29N3O4/c1-5-23(6-2)12-11-21-19(25)10-8-17(24)15-7-9-18-16(13-15)22(4)20(26)14(3)27-18/h7,9,13-14H,5-6,8,10-12H2,1-4H3,(H,21,25).